The maximum atomic E-state index is 10.7. The van der Waals surface area contributed by atoms with Crippen LogP contribution in [0.5, 0.6) is 0 Å². The van der Waals surface area contributed by atoms with Crippen molar-refractivity contribution in [2.75, 3.05) is 5.43 Å². The summed E-state index contributed by atoms with van der Waals surface area (Å²) in [7, 11) is 0. The molecule has 0 unspecified atom stereocenters. The average molecular weight is 212 g/mol. The highest BCUT2D eigenvalue weighted by Gasteiger charge is 2.25. The van der Waals surface area contributed by atoms with Gasteiger partial charge in [-0.15, -0.1) is 0 Å². The van der Waals surface area contributed by atoms with Gasteiger partial charge in [-0.25, -0.2) is 0 Å². The van der Waals surface area contributed by atoms with E-state index in [0.717, 1.165) is 6.07 Å². The highest BCUT2D eigenvalue weighted by molar-refractivity contribution is 5.69. The number of nitrogen functional groups attached to an aromatic ring is 1. The highest BCUT2D eigenvalue weighted by Crippen LogP contribution is 2.33. The number of anilines is 1. The standard InChI is InChI=1S/C7H8N4O4/c1-4-6(10(12)13)3-2-5(9-8)7(4)11(14)15/h2-3,9H,8H2,1H3. The summed E-state index contributed by atoms with van der Waals surface area (Å²) in [5.74, 6) is 5.06. The lowest BCUT2D eigenvalue weighted by atomic mass is 10.1. The number of nitro benzene ring substituents is 2. The summed E-state index contributed by atoms with van der Waals surface area (Å²) in [6.45, 7) is 1.30. The summed E-state index contributed by atoms with van der Waals surface area (Å²) < 4.78 is 0. The van der Waals surface area contributed by atoms with Crippen molar-refractivity contribution in [3.63, 3.8) is 0 Å². The molecule has 0 aromatic heterocycles. The fraction of sp³-hybridized carbons (Fsp3) is 0.143. The van der Waals surface area contributed by atoms with E-state index in [1.165, 1.54) is 13.0 Å². The van der Waals surface area contributed by atoms with Crippen LogP contribution in [-0.2, 0) is 0 Å². The Morgan fingerprint density at radius 2 is 1.87 bits per heavy atom. The van der Waals surface area contributed by atoms with Crippen LogP contribution in [0, 0.1) is 27.2 Å². The molecule has 0 atom stereocenters. The van der Waals surface area contributed by atoms with Gasteiger partial charge in [-0.2, -0.15) is 0 Å². The van der Waals surface area contributed by atoms with Gasteiger partial charge >= 0.3 is 5.69 Å². The third-order valence-corrected chi connectivity index (χ3v) is 1.94. The number of hydrogen-bond donors (Lipinski definition) is 2. The van der Waals surface area contributed by atoms with E-state index in [1.807, 2.05) is 0 Å². The number of nitrogens with one attached hydrogen (secondary N) is 1. The van der Waals surface area contributed by atoms with Crippen LogP contribution in [0.4, 0.5) is 17.1 Å². The molecule has 0 saturated heterocycles. The predicted octanol–water partition coefficient (Wildman–Crippen LogP) is 1.10. The maximum absolute atomic E-state index is 10.7. The molecular weight excluding hydrogens is 204 g/mol. The van der Waals surface area contributed by atoms with Gasteiger partial charge < -0.3 is 5.43 Å². The van der Waals surface area contributed by atoms with Crippen molar-refractivity contribution < 1.29 is 9.85 Å². The van der Waals surface area contributed by atoms with Gasteiger partial charge in [-0.1, -0.05) is 0 Å². The number of nitro groups is 2. The topological polar surface area (TPSA) is 124 Å². The number of hydrogen-bond acceptors (Lipinski definition) is 6. The molecule has 1 rings (SSSR count). The Hall–Kier alpha value is -2.22. The number of rotatable bonds is 3. The van der Waals surface area contributed by atoms with Crippen molar-refractivity contribution in [3.8, 4) is 0 Å². The molecule has 0 amide bonds. The Morgan fingerprint density at radius 3 is 2.27 bits per heavy atom. The molecule has 1 aromatic rings. The quantitative estimate of drug-likeness (QED) is 0.439. The lowest BCUT2D eigenvalue weighted by Crippen LogP contribution is -2.10. The molecule has 0 bridgehead atoms. The van der Waals surface area contributed by atoms with E-state index in [0.29, 0.717) is 0 Å². The minimum absolute atomic E-state index is 0.0274. The smallest absolute Gasteiger partial charge is 0.303 e. The van der Waals surface area contributed by atoms with E-state index in [1.54, 1.807) is 0 Å². The first-order valence-corrected chi connectivity index (χ1v) is 3.88. The third kappa shape index (κ3) is 1.83. The number of nitrogens with zero attached hydrogens (tertiary/aromatic N) is 2. The number of nitrogens with two attached hydrogens (primary N) is 1. The van der Waals surface area contributed by atoms with Crippen molar-refractivity contribution in [3.05, 3.63) is 37.9 Å². The minimum atomic E-state index is -0.711. The first-order valence-electron chi connectivity index (χ1n) is 3.88. The van der Waals surface area contributed by atoms with E-state index < -0.39 is 9.85 Å². The molecular formula is C7H8N4O4. The average Bonchev–Trinajstić information content (AvgIpc) is 2.15. The molecule has 8 nitrogen and oxygen atoms in total. The van der Waals surface area contributed by atoms with Crippen LogP contribution in [0.25, 0.3) is 0 Å². The Bertz CT molecular complexity index is 431. The van der Waals surface area contributed by atoms with E-state index >= 15 is 0 Å². The molecule has 80 valence electrons. The summed E-state index contributed by atoms with van der Waals surface area (Å²) in [5.41, 5.74) is 1.45. The third-order valence-electron chi connectivity index (χ3n) is 1.94. The zero-order chi connectivity index (χ0) is 11.6. The number of benzene rings is 1. The van der Waals surface area contributed by atoms with Gasteiger partial charge in [-0.3, -0.25) is 26.1 Å². The Morgan fingerprint density at radius 1 is 1.27 bits per heavy atom. The van der Waals surface area contributed by atoms with Crippen molar-refractivity contribution in [2.24, 2.45) is 5.84 Å². The zero-order valence-electron chi connectivity index (χ0n) is 7.76. The van der Waals surface area contributed by atoms with E-state index in [4.69, 9.17) is 5.84 Å². The lowest BCUT2D eigenvalue weighted by molar-refractivity contribution is -0.394. The first-order chi connectivity index (χ1) is 6.99. The second-order valence-electron chi connectivity index (χ2n) is 2.76. The van der Waals surface area contributed by atoms with Gasteiger partial charge in [-0.05, 0) is 13.0 Å². The van der Waals surface area contributed by atoms with Crippen molar-refractivity contribution in [2.45, 2.75) is 6.92 Å². The molecule has 0 fully saturated rings. The second-order valence-corrected chi connectivity index (χ2v) is 2.76. The molecule has 3 N–H and O–H groups in total. The Kier molecular flexibility index (Phi) is 2.81. The largest absolute Gasteiger partial charge is 0.318 e. The van der Waals surface area contributed by atoms with Crippen LogP contribution in [0.15, 0.2) is 12.1 Å². The molecule has 8 heteroatoms. The molecule has 0 saturated carbocycles. The van der Waals surface area contributed by atoms with E-state index in [2.05, 4.69) is 5.43 Å². The molecule has 0 aliphatic carbocycles. The highest BCUT2D eigenvalue weighted by atomic mass is 16.6. The van der Waals surface area contributed by atoms with Crippen LogP contribution in [0.1, 0.15) is 5.56 Å². The van der Waals surface area contributed by atoms with Crippen LogP contribution in [0.2, 0.25) is 0 Å². The van der Waals surface area contributed by atoms with Crippen LogP contribution < -0.4 is 11.3 Å². The normalized spacial score (nSPS) is 9.73. The molecule has 0 spiro atoms. The molecule has 0 aliphatic rings. The monoisotopic (exact) mass is 212 g/mol. The first kappa shape index (κ1) is 10.9. The SMILES string of the molecule is Cc1c([N+](=O)[O-])ccc(NN)c1[N+](=O)[O-]. The summed E-state index contributed by atoms with van der Waals surface area (Å²) >= 11 is 0. The Balaban J connectivity index is 3.49. The van der Waals surface area contributed by atoms with Gasteiger partial charge in [0.25, 0.3) is 5.69 Å². The van der Waals surface area contributed by atoms with Crippen molar-refractivity contribution >= 4 is 17.1 Å². The molecule has 0 radical (unpaired) electrons. The molecule has 1 aromatic carbocycles. The van der Waals surface area contributed by atoms with E-state index in [-0.39, 0.29) is 22.6 Å². The zero-order valence-corrected chi connectivity index (χ0v) is 7.76. The van der Waals surface area contributed by atoms with Crippen LogP contribution >= 0.6 is 0 Å². The van der Waals surface area contributed by atoms with Gasteiger partial charge in [0.2, 0.25) is 0 Å². The molecule has 0 aliphatic heterocycles. The second kappa shape index (κ2) is 3.88. The summed E-state index contributed by atoms with van der Waals surface area (Å²) in [4.78, 5) is 19.8. The summed E-state index contributed by atoms with van der Waals surface area (Å²) in [6, 6.07) is 2.36. The maximum Gasteiger partial charge on any atom is 0.303 e. The van der Waals surface area contributed by atoms with Crippen molar-refractivity contribution in [1.82, 2.24) is 0 Å². The van der Waals surface area contributed by atoms with Crippen LogP contribution in [-0.4, -0.2) is 9.85 Å². The van der Waals surface area contributed by atoms with Gasteiger partial charge in [0.05, 0.1) is 9.85 Å². The molecule has 15 heavy (non-hydrogen) atoms. The minimum Gasteiger partial charge on any atom is -0.318 e. The van der Waals surface area contributed by atoms with Gasteiger partial charge in [0.15, 0.2) is 0 Å². The molecule has 0 heterocycles. The fourth-order valence-corrected chi connectivity index (χ4v) is 1.24. The van der Waals surface area contributed by atoms with Crippen molar-refractivity contribution in [1.29, 1.82) is 0 Å². The van der Waals surface area contributed by atoms with Crippen LogP contribution in [0.3, 0.4) is 0 Å². The lowest BCUT2D eigenvalue weighted by Gasteiger charge is -2.04. The number of hydrazine groups is 1. The summed E-state index contributed by atoms with van der Waals surface area (Å²) in [5, 5.41) is 21.2. The predicted molar refractivity (Wildman–Crippen MR) is 52.3 cm³/mol. The van der Waals surface area contributed by atoms with Gasteiger partial charge in [0.1, 0.15) is 11.3 Å². The van der Waals surface area contributed by atoms with Gasteiger partial charge in [0, 0.05) is 6.07 Å². The fourth-order valence-electron chi connectivity index (χ4n) is 1.24. The van der Waals surface area contributed by atoms with E-state index in [9.17, 15) is 20.2 Å². The summed E-state index contributed by atoms with van der Waals surface area (Å²) in [6.07, 6.45) is 0. The Labute approximate surface area is 84.0 Å².